The van der Waals surface area contributed by atoms with Gasteiger partial charge in [-0.3, -0.25) is 0 Å². The van der Waals surface area contributed by atoms with Crippen LogP contribution in [-0.2, 0) is 13.0 Å². The maximum absolute atomic E-state index is 13.2. The second-order valence-corrected chi connectivity index (χ2v) is 6.06. The lowest BCUT2D eigenvalue weighted by atomic mass is 10.2. The Balaban J connectivity index is 0.00000338. The summed E-state index contributed by atoms with van der Waals surface area (Å²) in [6, 6.07) is 6.47. The summed E-state index contributed by atoms with van der Waals surface area (Å²) in [5.74, 6) is 2.14. The van der Waals surface area contributed by atoms with E-state index in [1.807, 2.05) is 26.8 Å². The van der Waals surface area contributed by atoms with Crippen LogP contribution in [0.3, 0.4) is 0 Å². The molecule has 1 aromatic carbocycles. The minimum atomic E-state index is -0.244. The Morgan fingerprint density at radius 3 is 2.77 bits per heavy atom. The molecule has 1 heterocycles. The molecule has 2 N–H and O–H groups in total. The molecular formula is C18H27FIN5O. The number of aromatic nitrogens is 2. The number of guanidine groups is 1. The first-order valence-electron chi connectivity index (χ1n) is 8.67. The van der Waals surface area contributed by atoms with Crippen molar-refractivity contribution in [2.75, 3.05) is 13.1 Å². The number of nitrogens with zero attached hydrogens (tertiary/aromatic N) is 3. The van der Waals surface area contributed by atoms with Crippen molar-refractivity contribution >= 4 is 29.9 Å². The van der Waals surface area contributed by atoms with Crippen LogP contribution in [0.1, 0.15) is 50.4 Å². The normalized spacial score (nSPS) is 11.3. The van der Waals surface area contributed by atoms with E-state index < -0.39 is 0 Å². The summed E-state index contributed by atoms with van der Waals surface area (Å²) in [4.78, 5) is 8.83. The fraction of sp³-hybridized carbons (Fsp3) is 0.500. The van der Waals surface area contributed by atoms with E-state index in [9.17, 15) is 4.39 Å². The summed E-state index contributed by atoms with van der Waals surface area (Å²) in [6.45, 7) is 7.99. The van der Waals surface area contributed by atoms with Crippen LogP contribution < -0.4 is 10.6 Å². The predicted molar refractivity (Wildman–Crippen MR) is 111 cm³/mol. The van der Waals surface area contributed by atoms with Crippen LogP contribution in [0.2, 0.25) is 0 Å². The Hall–Kier alpha value is -1.71. The van der Waals surface area contributed by atoms with E-state index in [-0.39, 0.29) is 35.7 Å². The quantitative estimate of drug-likeness (QED) is 0.264. The van der Waals surface area contributed by atoms with Crippen LogP contribution in [-0.4, -0.2) is 29.2 Å². The average molecular weight is 475 g/mol. The predicted octanol–water partition coefficient (Wildman–Crippen LogP) is 3.64. The number of rotatable bonds is 8. The average Bonchev–Trinajstić information content (AvgIpc) is 3.06. The lowest BCUT2D eigenvalue weighted by Crippen LogP contribution is -2.37. The van der Waals surface area contributed by atoms with Gasteiger partial charge in [-0.25, -0.2) is 9.38 Å². The van der Waals surface area contributed by atoms with Crippen molar-refractivity contribution in [3.8, 4) is 0 Å². The number of nitrogens with one attached hydrogen (secondary N) is 2. The summed E-state index contributed by atoms with van der Waals surface area (Å²) < 4.78 is 18.4. The van der Waals surface area contributed by atoms with Crippen molar-refractivity contribution in [1.29, 1.82) is 0 Å². The highest BCUT2D eigenvalue weighted by Gasteiger charge is 2.09. The van der Waals surface area contributed by atoms with Crippen LogP contribution in [0, 0.1) is 5.82 Å². The molecule has 0 radical (unpaired) electrons. The van der Waals surface area contributed by atoms with Crippen molar-refractivity contribution in [2.45, 2.75) is 46.1 Å². The first-order chi connectivity index (χ1) is 12.1. The molecule has 0 saturated heterocycles. The van der Waals surface area contributed by atoms with Gasteiger partial charge in [-0.2, -0.15) is 4.98 Å². The van der Waals surface area contributed by atoms with E-state index in [1.54, 1.807) is 6.07 Å². The van der Waals surface area contributed by atoms with E-state index in [0.717, 1.165) is 37.3 Å². The lowest BCUT2D eigenvalue weighted by molar-refractivity contribution is 0.368. The summed E-state index contributed by atoms with van der Waals surface area (Å²) in [5.41, 5.74) is 0.837. The molecule has 0 aliphatic rings. The van der Waals surface area contributed by atoms with Gasteiger partial charge < -0.3 is 15.2 Å². The molecule has 6 nitrogen and oxygen atoms in total. The highest BCUT2D eigenvalue weighted by atomic mass is 127. The Morgan fingerprint density at radius 1 is 1.31 bits per heavy atom. The molecule has 144 valence electrons. The number of hydrogen-bond donors (Lipinski definition) is 2. The van der Waals surface area contributed by atoms with Gasteiger partial charge in [0.15, 0.2) is 11.8 Å². The van der Waals surface area contributed by atoms with Gasteiger partial charge in [0.05, 0.1) is 6.54 Å². The Morgan fingerprint density at radius 2 is 2.12 bits per heavy atom. The van der Waals surface area contributed by atoms with Crippen molar-refractivity contribution in [3.63, 3.8) is 0 Å². The molecule has 1 aromatic heterocycles. The van der Waals surface area contributed by atoms with E-state index in [2.05, 4.69) is 25.8 Å². The second kappa shape index (κ2) is 11.8. The molecule has 0 unspecified atom stereocenters. The largest absolute Gasteiger partial charge is 0.357 e. The number of hydrogen-bond acceptors (Lipinski definition) is 4. The molecule has 0 spiro atoms. The minimum Gasteiger partial charge on any atom is -0.357 e. The third-order valence-electron chi connectivity index (χ3n) is 3.51. The number of aliphatic imine (C=N–C) groups is 1. The molecule has 0 aliphatic heterocycles. The molecule has 0 aliphatic carbocycles. The second-order valence-electron chi connectivity index (χ2n) is 6.06. The van der Waals surface area contributed by atoms with Gasteiger partial charge in [0.25, 0.3) is 0 Å². The number of benzene rings is 1. The molecule has 0 atom stereocenters. The Kier molecular flexibility index (Phi) is 10.2. The van der Waals surface area contributed by atoms with Gasteiger partial charge in [-0.1, -0.05) is 31.1 Å². The molecule has 2 rings (SSSR count). The Labute approximate surface area is 171 Å². The summed E-state index contributed by atoms with van der Waals surface area (Å²) in [6.07, 6.45) is 1.57. The van der Waals surface area contributed by atoms with Gasteiger partial charge in [-0.15, -0.1) is 24.0 Å². The van der Waals surface area contributed by atoms with Gasteiger partial charge in [0, 0.05) is 25.4 Å². The van der Waals surface area contributed by atoms with E-state index in [0.29, 0.717) is 18.4 Å². The van der Waals surface area contributed by atoms with Crippen molar-refractivity contribution in [2.24, 2.45) is 4.99 Å². The van der Waals surface area contributed by atoms with Crippen LogP contribution in [0.5, 0.6) is 0 Å². The highest BCUT2D eigenvalue weighted by Crippen LogP contribution is 2.10. The van der Waals surface area contributed by atoms with Crippen LogP contribution in [0.4, 0.5) is 4.39 Å². The van der Waals surface area contributed by atoms with Gasteiger partial charge >= 0.3 is 0 Å². The van der Waals surface area contributed by atoms with E-state index >= 15 is 0 Å². The smallest absolute Gasteiger partial charge is 0.226 e. The molecule has 26 heavy (non-hydrogen) atoms. The fourth-order valence-electron chi connectivity index (χ4n) is 2.20. The van der Waals surface area contributed by atoms with Gasteiger partial charge in [0.2, 0.25) is 5.89 Å². The highest BCUT2D eigenvalue weighted by molar-refractivity contribution is 14.0. The summed E-state index contributed by atoms with van der Waals surface area (Å²) in [5, 5.41) is 10.4. The fourth-order valence-corrected chi connectivity index (χ4v) is 2.20. The van der Waals surface area contributed by atoms with Crippen LogP contribution >= 0.6 is 24.0 Å². The van der Waals surface area contributed by atoms with Gasteiger partial charge in [-0.05, 0) is 31.0 Å². The molecule has 0 bridgehead atoms. The van der Waals surface area contributed by atoms with Crippen molar-refractivity contribution < 1.29 is 8.91 Å². The third kappa shape index (κ3) is 7.67. The molecule has 8 heteroatoms. The van der Waals surface area contributed by atoms with Crippen molar-refractivity contribution in [1.82, 2.24) is 20.8 Å². The maximum Gasteiger partial charge on any atom is 0.226 e. The van der Waals surface area contributed by atoms with Crippen LogP contribution in [0.15, 0.2) is 33.8 Å². The topological polar surface area (TPSA) is 75.3 Å². The molecular weight excluding hydrogens is 448 g/mol. The zero-order valence-electron chi connectivity index (χ0n) is 15.5. The molecule has 0 saturated carbocycles. The zero-order chi connectivity index (χ0) is 18.1. The van der Waals surface area contributed by atoms with E-state index in [4.69, 9.17) is 4.52 Å². The first kappa shape index (κ1) is 22.3. The summed E-state index contributed by atoms with van der Waals surface area (Å²) >= 11 is 0. The monoisotopic (exact) mass is 475 g/mol. The number of halogens is 2. The van der Waals surface area contributed by atoms with Crippen LogP contribution in [0.25, 0.3) is 0 Å². The lowest BCUT2D eigenvalue weighted by Gasteiger charge is -2.10. The van der Waals surface area contributed by atoms with Gasteiger partial charge in [0.1, 0.15) is 5.82 Å². The van der Waals surface area contributed by atoms with E-state index in [1.165, 1.54) is 12.1 Å². The zero-order valence-corrected chi connectivity index (χ0v) is 17.8. The SMILES string of the molecule is CCNC(=NCc1cccc(F)c1)NCCCc1nc(C(C)C)no1.I. The molecule has 0 amide bonds. The molecule has 0 fully saturated rings. The van der Waals surface area contributed by atoms with Crippen molar-refractivity contribution in [3.05, 3.63) is 47.4 Å². The Bertz CT molecular complexity index is 690. The number of aryl methyl sites for hydroxylation is 1. The first-order valence-corrected chi connectivity index (χ1v) is 8.67. The minimum absolute atomic E-state index is 0. The third-order valence-corrected chi connectivity index (χ3v) is 3.51. The maximum atomic E-state index is 13.2. The standard InChI is InChI=1S/C18H26FN5O.HI/c1-4-20-18(22-12-14-7-5-8-15(19)11-14)21-10-6-9-16-23-17(13(2)3)24-25-16;/h5,7-8,11,13H,4,6,9-10,12H2,1-3H3,(H2,20,21,22);1H. The molecule has 2 aromatic rings. The summed E-state index contributed by atoms with van der Waals surface area (Å²) in [7, 11) is 0.